The van der Waals surface area contributed by atoms with Gasteiger partial charge in [0.2, 0.25) is 0 Å². The normalized spacial score (nSPS) is 16.6. The van der Waals surface area contributed by atoms with Gasteiger partial charge in [-0.2, -0.15) is 0 Å². The van der Waals surface area contributed by atoms with E-state index < -0.39 is 6.09 Å². The number of likely N-dealkylation sites (N-methyl/N-ethyl adjacent to an activating group) is 1. The topological polar surface area (TPSA) is 56.9 Å². The minimum atomic E-state index is -0.865. The lowest BCUT2D eigenvalue weighted by Crippen LogP contribution is -2.31. The maximum atomic E-state index is 11.2. The fourth-order valence-electron chi connectivity index (χ4n) is 3.48. The molecule has 24 heavy (non-hydrogen) atoms. The lowest BCUT2D eigenvalue weighted by atomic mass is 9.94. The monoisotopic (exact) mass is 330 g/mol. The van der Waals surface area contributed by atoms with Crippen LogP contribution in [0.5, 0.6) is 0 Å². The van der Waals surface area contributed by atoms with E-state index in [0.717, 1.165) is 48.2 Å². The van der Waals surface area contributed by atoms with Crippen LogP contribution in [-0.4, -0.2) is 54.2 Å². The number of carbonyl (C=O) groups is 1. The van der Waals surface area contributed by atoms with E-state index in [9.17, 15) is 4.79 Å². The highest BCUT2D eigenvalue weighted by atomic mass is 16.4. The van der Waals surface area contributed by atoms with Crippen LogP contribution >= 0.6 is 0 Å². The van der Waals surface area contributed by atoms with E-state index in [1.165, 1.54) is 4.90 Å². The Morgan fingerprint density at radius 2 is 2.12 bits per heavy atom. The summed E-state index contributed by atoms with van der Waals surface area (Å²) in [5.41, 5.74) is 2.01. The minimum absolute atomic E-state index is 0.493. The summed E-state index contributed by atoms with van der Waals surface area (Å²) in [7, 11) is 2.16. The van der Waals surface area contributed by atoms with Gasteiger partial charge < -0.3 is 19.3 Å². The second-order valence-electron chi connectivity index (χ2n) is 6.67. The fraction of sp³-hybridized carbons (Fsp3) is 0.526. The van der Waals surface area contributed by atoms with Gasteiger partial charge in [-0.25, -0.2) is 4.79 Å². The Morgan fingerprint density at radius 1 is 1.38 bits per heavy atom. The van der Waals surface area contributed by atoms with E-state index in [1.807, 2.05) is 19.1 Å². The average molecular weight is 330 g/mol. The zero-order valence-corrected chi connectivity index (χ0v) is 14.5. The molecule has 0 radical (unpaired) electrons. The molecule has 1 aromatic heterocycles. The number of para-hydroxylation sites is 1. The molecule has 3 rings (SSSR count). The lowest BCUT2D eigenvalue weighted by Gasteiger charge is -2.27. The Hall–Kier alpha value is -2.01. The molecule has 2 aromatic rings. The first-order valence-electron chi connectivity index (χ1n) is 8.76. The molecule has 0 aliphatic carbocycles. The predicted molar refractivity (Wildman–Crippen MR) is 94.7 cm³/mol. The van der Waals surface area contributed by atoms with Crippen molar-refractivity contribution in [2.24, 2.45) is 0 Å². The van der Waals surface area contributed by atoms with Crippen LogP contribution in [0, 0.1) is 0 Å². The van der Waals surface area contributed by atoms with Crippen LogP contribution in [0.3, 0.4) is 0 Å². The number of hydrogen-bond donors (Lipinski definition) is 1. The molecule has 2 heterocycles. The predicted octanol–water partition coefficient (Wildman–Crippen LogP) is 3.78. The lowest BCUT2D eigenvalue weighted by molar-refractivity contribution is 0.148. The zero-order chi connectivity index (χ0) is 17.1. The van der Waals surface area contributed by atoms with Crippen LogP contribution in [0.15, 0.2) is 28.7 Å². The number of nitrogens with zero attached hydrogens (tertiary/aromatic N) is 2. The van der Waals surface area contributed by atoms with Gasteiger partial charge in [-0.15, -0.1) is 0 Å². The van der Waals surface area contributed by atoms with Gasteiger partial charge in [0.25, 0.3) is 0 Å². The standard InChI is InChI=1S/C19H26N2O3/c1-3-21(19(22)23)12-9-15-5-4-6-16-13-17(24-18(15)16)14-7-10-20(2)11-8-14/h4-6,13-14H,3,7-12H2,1-2H3,(H,22,23). The highest BCUT2D eigenvalue weighted by Gasteiger charge is 2.22. The molecule has 0 spiro atoms. The van der Waals surface area contributed by atoms with Crippen molar-refractivity contribution in [3.05, 3.63) is 35.6 Å². The first-order chi connectivity index (χ1) is 11.6. The Labute approximate surface area is 142 Å². The molecule has 1 saturated heterocycles. The molecule has 1 aliphatic heterocycles. The zero-order valence-electron chi connectivity index (χ0n) is 14.5. The van der Waals surface area contributed by atoms with Crippen LogP contribution < -0.4 is 0 Å². The summed E-state index contributed by atoms with van der Waals surface area (Å²) in [4.78, 5) is 14.9. The fourth-order valence-corrected chi connectivity index (χ4v) is 3.48. The van der Waals surface area contributed by atoms with Crippen LogP contribution in [0.1, 0.15) is 37.0 Å². The SMILES string of the molecule is CCN(CCc1cccc2cc(C3CCN(C)CC3)oc12)C(=O)O. The number of carboxylic acid groups (broad SMARTS) is 1. The molecule has 0 unspecified atom stereocenters. The molecule has 1 aliphatic rings. The van der Waals surface area contributed by atoms with Crippen molar-refractivity contribution >= 4 is 17.1 Å². The van der Waals surface area contributed by atoms with E-state index in [-0.39, 0.29) is 0 Å². The molecule has 130 valence electrons. The van der Waals surface area contributed by atoms with Crippen LogP contribution in [-0.2, 0) is 6.42 Å². The second kappa shape index (κ2) is 7.26. The van der Waals surface area contributed by atoms with Crippen molar-refractivity contribution in [3.8, 4) is 0 Å². The number of fused-ring (bicyclic) bond motifs is 1. The first-order valence-corrected chi connectivity index (χ1v) is 8.76. The van der Waals surface area contributed by atoms with Crippen LogP contribution in [0.25, 0.3) is 11.0 Å². The molecule has 0 saturated carbocycles. The van der Waals surface area contributed by atoms with Crippen molar-refractivity contribution in [3.63, 3.8) is 0 Å². The number of furan rings is 1. The van der Waals surface area contributed by atoms with Gasteiger partial charge >= 0.3 is 6.09 Å². The molecular formula is C19H26N2O3. The van der Waals surface area contributed by atoms with Gasteiger partial charge in [-0.1, -0.05) is 18.2 Å². The number of benzene rings is 1. The van der Waals surface area contributed by atoms with E-state index >= 15 is 0 Å². The molecule has 5 heteroatoms. The Bertz CT molecular complexity index is 702. The van der Waals surface area contributed by atoms with E-state index in [4.69, 9.17) is 9.52 Å². The van der Waals surface area contributed by atoms with Gasteiger partial charge in [0, 0.05) is 24.4 Å². The number of likely N-dealkylation sites (tertiary alicyclic amines) is 1. The summed E-state index contributed by atoms with van der Waals surface area (Å²) in [6.45, 7) is 5.08. The molecule has 0 atom stereocenters. The summed E-state index contributed by atoms with van der Waals surface area (Å²) in [5, 5.41) is 10.3. The summed E-state index contributed by atoms with van der Waals surface area (Å²) in [6, 6.07) is 8.32. The quantitative estimate of drug-likeness (QED) is 0.906. The summed E-state index contributed by atoms with van der Waals surface area (Å²) in [6.07, 6.45) is 2.08. The van der Waals surface area contributed by atoms with Gasteiger partial charge in [0.15, 0.2) is 0 Å². The molecule has 1 amide bonds. The number of amides is 1. The Morgan fingerprint density at radius 3 is 2.79 bits per heavy atom. The van der Waals surface area contributed by atoms with Crippen molar-refractivity contribution < 1.29 is 14.3 Å². The van der Waals surface area contributed by atoms with Crippen molar-refractivity contribution in [1.29, 1.82) is 0 Å². The van der Waals surface area contributed by atoms with Gasteiger partial charge in [0.05, 0.1) is 0 Å². The first kappa shape index (κ1) is 16.8. The maximum absolute atomic E-state index is 11.2. The maximum Gasteiger partial charge on any atom is 0.407 e. The average Bonchev–Trinajstić information content (AvgIpc) is 3.00. The number of hydrogen-bond acceptors (Lipinski definition) is 3. The van der Waals surface area contributed by atoms with Crippen molar-refractivity contribution in [2.75, 3.05) is 33.2 Å². The van der Waals surface area contributed by atoms with Gasteiger partial charge in [-0.05, 0) is 58.0 Å². The second-order valence-corrected chi connectivity index (χ2v) is 6.67. The van der Waals surface area contributed by atoms with Crippen molar-refractivity contribution in [2.45, 2.75) is 32.1 Å². The van der Waals surface area contributed by atoms with E-state index in [2.05, 4.69) is 24.1 Å². The van der Waals surface area contributed by atoms with Crippen LogP contribution in [0.2, 0.25) is 0 Å². The third kappa shape index (κ3) is 3.56. The van der Waals surface area contributed by atoms with Crippen LogP contribution in [0.4, 0.5) is 4.79 Å². The smallest absolute Gasteiger partial charge is 0.407 e. The highest BCUT2D eigenvalue weighted by Crippen LogP contribution is 2.33. The summed E-state index contributed by atoms with van der Waals surface area (Å²) >= 11 is 0. The summed E-state index contributed by atoms with van der Waals surface area (Å²) < 4.78 is 6.22. The number of rotatable bonds is 5. The van der Waals surface area contributed by atoms with E-state index in [0.29, 0.717) is 25.4 Å². The highest BCUT2D eigenvalue weighted by molar-refractivity contribution is 5.81. The summed E-state index contributed by atoms with van der Waals surface area (Å²) in [5.74, 6) is 1.57. The van der Waals surface area contributed by atoms with Gasteiger partial charge in [0.1, 0.15) is 11.3 Å². The molecule has 1 N–H and O–H groups in total. The Balaban J connectivity index is 1.78. The molecule has 0 bridgehead atoms. The molecule has 5 nitrogen and oxygen atoms in total. The third-order valence-corrected chi connectivity index (χ3v) is 5.07. The van der Waals surface area contributed by atoms with Crippen molar-refractivity contribution in [1.82, 2.24) is 9.80 Å². The minimum Gasteiger partial charge on any atom is -0.465 e. The van der Waals surface area contributed by atoms with Gasteiger partial charge in [-0.3, -0.25) is 0 Å². The molecule has 1 aromatic carbocycles. The third-order valence-electron chi connectivity index (χ3n) is 5.07. The van der Waals surface area contributed by atoms with E-state index in [1.54, 1.807) is 0 Å². The largest absolute Gasteiger partial charge is 0.465 e. The Kier molecular flexibility index (Phi) is 5.09. The molecule has 1 fully saturated rings. The molecular weight excluding hydrogens is 304 g/mol. The number of piperidine rings is 1.